The summed E-state index contributed by atoms with van der Waals surface area (Å²) in [6.45, 7) is 1.45. The lowest BCUT2D eigenvalue weighted by Crippen LogP contribution is -2.38. The topological polar surface area (TPSA) is 78.5 Å². The molecule has 1 fully saturated rings. The number of likely N-dealkylation sites (N-methyl/N-ethyl adjacent to an activating group) is 1. The highest BCUT2D eigenvalue weighted by atomic mass is 79.9. The van der Waals surface area contributed by atoms with Gasteiger partial charge in [0.1, 0.15) is 22.4 Å². The summed E-state index contributed by atoms with van der Waals surface area (Å²) in [6.07, 6.45) is 1.87. The van der Waals surface area contributed by atoms with Gasteiger partial charge in [-0.1, -0.05) is 0 Å². The summed E-state index contributed by atoms with van der Waals surface area (Å²) in [5, 5.41) is 9.85. The van der Waals surface area contributed by atoms with Crippen molar-refractivity contribution in [1.82, 2.24) is 14.9 Å². The van der Waals surface area contributed by atoms with Gasteiger partial charge in [-0.05, 0) is 36.4 Å². The molecule has 0 radical (unpaired) electrons. The average molecular weight is 316 g/mol. The summed E-state index contributed by atoms with van der Waals surface area (Å²) in [6, 6.07) is 0.237. The Bertz CT molecular complexity index is 428. The fourth-order valence-corrected chi connectivity index (χ4v) is 2.75. The zero-order valence-electron chi connectivity index (χ0n) is 10.5. The Morgan fingerprint density at radius 3 is 2.94 bits per heavy atom. The quantitative estimate of drug-likeness (QED) is 0.836. The molecule has 7 heteroatoms. The van der Waals surface area contributed by atoms with Crippen LogP contribution >= 0.6 is 15.9 Å². The van der Waals surface area contributed by atoms with E-state index in [1.165, 1.54) is 6.33 Å². The number of nitrogens with zero attached hydrogens (tertiary/aromatic N) is 4. The van der Waals surface area contributed by atoms with Gasteiger partial charge >= 0.3 is 0 Å². The zero-order valence-corrected chi connectivity index (χ0v) is 12.1. The predicted molar refractivity (Wildman–Crippen MR) is 74.5 cm³/mol. The van der Waals surface area contributed by atoms with Gasteiger partial charge in [-0.15, -0.1) is 0 Å². The Kier molecular flexibility index (Phi) is 4.04. The first-order valence-corrected chi connectivity index (χ1v) is 6.63. The van der Waals surface area contributed by atoms with Crippen LogP contribution in [0.3, 0.4) is 0 Å². The van der Waals surface area contributed by atoms with Crippen molar-refractivity contribution in [3.8, 4) is 0 Å². The molecule has 0 bridgehead atoms. The Morgan fingerprint density at radius 2 is 2.28 bits per heavy atom. The molecule has 1 aromatic rings. The molecular formula is C11H18BrN5O. The third kappa shape index (κ3) is 2.73. The van der Waals surface area contributed by atoms with Crippen molar-refractivity contribution in [3.05, 3.63) is 10.8 Å². The fourth-order valence-electron chi connectivity index (χ4n) is 2.32. The van der Waals surface area contributed by atoms with Gasteiger partial charge in [0.25, 0.3) is 0 Å². The van der Waals surface area contributed by atoms with Crippen LogP contribution in [-0.4, -0.2) is 59.3 Å². The molecule has 0 saturated carbocycles. The Labute approximate surface area is 115 Å². The summed E-state index contributed by atoms with van der Waals surface area (Å²) in [5.74, 6) is 1.18. The molecule has 0 aliphatic carbocycles. The molecule has 3 N–H and O–H groups in total. The highest BCUT2D eigenvalue weighted by Gasteiger charge is 2.33. The highest BCUT2D eigenvalue weighted by Crippen LogP contribution is 2.32. The lowest BCUT2D eigenvalue weighted by molar-refractivity contribution is 0.191. The van der Waals surface area contributed by atoms with Crippen molar-refractivity contribution < 1.29 is 5.11 Å². The lowest BCUT2D eigenvalue weighted by Gasteiger charge is -2.28. The van der Waals surface area contributed by atoms with E-state index in [2.05, 4.69) is 35.7 Å². The molecule has 1 aliphatic heterocycles. The number of rotatable bonds is 3. The number of aliphatic hydroxyl groups is 1. The van der Waals surface area contributed by atoms with Gasteiger partial charge in [0.2, 0.25) is 0 Å². The number of β-amino-alcohol motifs (C(OH)–C–C–N with tert-alkyl or cyclic N) is 1. The maximum Gasteiger partial charge on any atom is 0.148 e. The van der Waals surface area contributed by atoms with E-state index in [1.807, 2.05) is 14.1 Å². The Balaban J connectivity index is 2.27. The minimum Gasteiger partial charge on any atom is -0.391 e. The molecule has 1 aliphatic rings. The van der Waals surface area contributed by atoms with Crippen molar-refractivity contribution in [1.29, 1.82) is 0 Å². The zero-order chi connectivity index (χ0) is 13.3. The van der Waals surface area contributed by atoms with Gasteiger partial charge in [-0.2, -0.15) is 0 Å². The number of nitrogen functional groups attached to an aromatic ring is 1. The number of aromatic nitrogens is 2. The SMILES string of the molecule is CN(C)CC1CC(O)CN1c1ncnc(N)c1Br. The molecule has 1 aromatic heterocycles. The number of anilines is 2. The minimum atomic E-state index is -0.321. The van der Waals surface area contributed by atoms with Crippen LogP contribution in [0, 0.1) is 0 Å². The van der Waals surface area contributed by atoms with Crippen molar-refractivity contribution in [2.45, 2.75) is 18.6 Å². The smallest absolute Gasteiger partial charge is 0.148 e. The number of nitrogens with two attached hydrogens (primary N) is 1. The standard InChI is InChI=1S/C11H18BrN5O/c1-16(2)4-7-3-8(18)5-17(7)11-9(12)10(13)14-6-15-11/h6-8,18H,3-5H2,1-2H3,(H2,13,14,15). The van der Waals surface area contributed by atoms with Crippen LogP contribution in [0.15, 0.2) is 10.8 Å². The average Bonchev–Trinajstić information content (AvgIpc) is 2.62. The van der Waals surface area contributed by atoms with E-state index in [4.69, 9.17) is 5.73 Å². The number of aliphatic hydroxyl groups excluding tert-OH is 1. The van der Waals surface area contributed by atoms with Crippen molar-refractivity contribution in [2.24, 2.45) is 0 Å². The Hall–Kier alpha value is -0.920. The van der Waals surface area contributed by atoms with Gasteiger partial charge in [0, 0.05) is 19.1 Å². The predicted octanol–water partition coefficient (Wildman–Crippen LogP) is 0.323. The number of hydrogen-bond acceptors (Lipinski definition) is 6. The van der Waals surface area contributed by atoms with Crippen LogP contribution in [0.2, 0.25) is 0 Å². The second kappa shape index (κ2) is 5.38. The first kappa shape index (κ1) is 13.5. The van der Waals surface area contributed by atoms with Crippen LogP contribution in [0.1, 0.15) is 6.42 Å². The molecule has 0 amide bonds. The molecule has 1 saturated heterocycles. The van der Waals surface area contributed by atoms with Crippen LogP contribution in [-0.2, 0) is 0 Å². The van der Waals surface area contributed by atoms with Crippen LogP contribution in [0.5, 0.6) is 0 Å². The van der Waals surface area contributed by atoms with Gasteiger partial charge in [-0.25, -0.2) is 9.97 Å². The van der Waals surface area contributed by atoms with E-state index in [1.54, 1.807) is 0 Å². The maximum atomic E-state index is 9.85. The van der Waals surface area contributed by atoms with Crippen LogP contribution in [0.25, 0.3) is 0 Å². The van der Waals surface area contributed by atoms with Crippen molar-refractivity contribution in [2.75, 3.05) is 37.8 Å². The Morgan fingerprint density at radius 1 is 1.56 bits per heavy atom. The largest absolute Gasteiger partial charge is 0.391 e. The molecule has 0 spiro atoms. The third-order valence-corrected chi connectivity index (χ3v) is 3.80. The minimum absolute atomic E-state index is 0.237. The highest BCUT2D eigenvalue weighted by molar-refractivity contribution is 9.10. The number of halogens is 1. The lowest BCUT2D eigenvalue weighted by atomic mass is 10.2. The van der Waals surface area contributed by atoms with E-state index in [0.29, 0.717) is 16.8 Å². The molecule has 2 atom stereocenters. The molecule has 2 heterocycles. The summed E-state index contributed by atoms with van der Waals surface area (Å²) < 4.78 is 0.697. The van der Waals surface area contributed by atoms with Crippen LogP contribution in [0.4, 0.5) is 11.6 Å². The fraction of sp³-hybridized carbons (Fsp3) is 0.636. The van der Waals surface area contributed by atoms with E-state index in [-0.39, 0.29) is 12.1 Å². The maximum absolute atomic E-state index is 9.85. The molecule has 2 unspecified atom stereocenters. The summed E-state index contributed by atoms with van der Waals surface area (Å²) in [4.78, 5) is 12.4. The van der Waals surface area contributed by atoms with E-state index < -0.39 is 0 Å². The van der Waals surface area contributed by atoms with Gasteiger partial charge < -0.3 is 20.6 Å². The summed E-state index contributed by atoms with van der Waals surface area (Å²) in [5.41, 5.74) is 5.77. The van der Waals surface area contributed by atoms with Crippen LogP contribution < -0.4 is 10.6 Å². The van der Waals surface area contributed by atoms with Crippen molar-refractivity contribution in [3.63, 3.8) is 0 Å². The third-order valence-electron chi connectivity index (χ3n) is 3.04. The van der Waals surface area contributed by atoms with Crippen molar-refractivity contribution >= 4 is 27.6 Å². The molecule has 100 valence electrons. The monoisotopic (exact) mass is 315 g/mol. The van der Waals surface area contributed by atoms with E-state index in [9.17, 15) is 5.11 Å². The second-order valence-corrected chi connectivity index (χ2v) is 5.65. The normalized spacial score (nSPS) is 23.9. The molecule has 0 aromatic carbocycles. The van der Waals surface area contributed by atoms with Gasteiger partial charge in [-0.3, -0.25) is 0 Å². The first-order valence-electron chi connectivity index (χ1n) is 5.84. The summed E-state index contributed by atoms with van der Waals surface area (Å²) in [7, 11) is 4.04. The van der Waals surface area contributed by atoms with E-state index in [0.717, 1.165) is 18.8 Å². The second-order valence-electron chi connectivity index (χ2n) is 4.85. The van der Waals surface area contributed by atoms with Gasteiger partial charge in [0.15, 0.2) is 0 Å². The molecule has 2 rings (SSSR count). The molecule has 6 nitrogen and oxygen atoms in total. The summed E-state index contributed by atoms with van der Waals surface area (Å²) >= 11 is 3.42. The van der Waals surface area contributed by atoms with Gasteiger partial charge in [0.05, 0.1) is 6.10 Å². The number of hydrogen-bond donors (Lipinski definition) is 2. The molecular weight excluding hydrogens is 298 g/mol. The molecule has 18 heavy (non-hydrogen) atoms. The van der Waals surface area contributed by atoms with E-state index >= 15 is 0 Å². The first-order chi connectivity index (χ1) is 8.49.